The summed E-state index contributed by atoms with van der Waals surface area (Å²) in [6.07, 6.45) is 0. The zero-order valence-electron chi connectivity index (χ0n) is 5.90. The van der Waals surface area contributed by atoms with E-state index in [4.69, 9.17) is 35.1 Å². The Hall–Kier alpha value is -1.28. The Labute approximate surface area is 86.3 Å². The Bertz CT molecular complexity index is 96.0. The van der Waals surface area contributed by atoms with Gasteiger partial charge in [0.1, 0.15) is 0 Å². The first-order valence-electron chi connectivity index (χ1n) is 1.24. The van der Waals surface area contributed by atoms with Crippen LogP contribution < -0.4 is 0 Å². The maximum atomic E-state index is 7.50. The van der Waals surface area contributed by atoms with Gasteiger partial charge in [0.15, 0.2) is 0 Å². The van der Waals surface area contributed by atoms with Crippen LogP contribution in [-0.4, -0.2) is 0 Å². The summed E-state index contributed by atoms with van der Waals surface area (Å²) in [4.78, 5) is 0. The molecule has 0 bridgehead atoms. The zero-order valence-corrected chi connectivity index (χ0v) is 7.17. The summed E-state index contributed by atoms with van der Waals surface area (Å²) in [5.74, 6) is 0. The predicted molar refractivity (Wildman–Crippen MR) is 24.6 cm³/mol. The summed E-state index contributed by atoms with van der Waals surface area (Å²) in [7, 11) is 0. The molecule has 7 heteroatoms. The quantitative estimate of drug-likeness (QED) is 0.409. The van der Waals surface area contributed by atoms with Crippen molar-refractivity contribution in [1.29, 1.82) is 5.26 Å². The largest absolute Gasteiger partial charge is 6.00 e. The van der Waals surface area contributed by atoms with Gasteiger partial charge in [-0.2, -0.15) is 0 Å². The second-order valence-electron chi connectivity index (χ2n) is 0. The molecule has 0 fully saturated rings. The van der Waals surface area contributed by atoms with E-state index in [1.807, 2.05) is 0 Å². The van der Waals surface area contributed by atoms with Gasteiger partial charge in [-0.05, 0) is 0 Å². The van der Waals surface area contributed by atoms with E-state index in [-0.39, 0.29) is 17.4 Å². The molecule has 0 aliphatic rings. The van der Waals surface area contributed by atoms with Gasteiger partial charge in [0, 0.05) is 0 Å². The van der Waals surface area contributed by atoms with Gasteiger partial charge in [-0.3, -0.25) is 0 Å². The van der Waals surface area contributed by atoms with Crippen LogP contribution >= 0.6 is 0 Å². The fraction of sp³-hybridized carbons (Fsp3) is 0. The smallest absolute Gasteiger partial charge is 6.00 e. The van der Waals surface area contributed by atoms with Crippen molar-refractivity contribution >= 4 is 0 Å². The minimum absolute atomic E-state index is 0. The van der Waals surface area contributed by atoms with Crippen molar-refractivity contribution in [3.05, 3.63) is 39.8 Å². The van der Waals surface area contributed by atoms with Crippen molar-refractivity contribution in [2.24, 2.45) is 0 Å². The van der Waals surface area contributed by atoms with E-state index in [9.17, 15) is 0 Å². The normalized spacial score (nSPS) is 0.923. The molecule has 0 aromatic heterocycles. The van der Waals surface area contributed by atoms with Gasteiger partial charge in [-0.15, -0.1) is 0 Å². The van der Waals surface area contributed by atoms with Crippen LogP contribution in [0.15, 0.2) is 0 Å². The molecule has 0 unspecified atom stereocenters. The summed E-state index contributed by atoms with van der Waals surface area (Å²) >= 11 is 0. The monoisotopic (exact) mass is 218 g/mol. The number of rotatable bonds is 0. The van der Waals surface area contributed by atoms with Crippen molar-refractivity contribution < 1.29 is 40.6 Å². The van der Waals surface area contributed by atoms with Crippen LogP contribution in [0.1, 0.15) is 0 Å². The zero-order chi connectivity index (χ0) is 12.0. The van der Waals surface area contributed by atoms with Crippen molar-refractivity contribution in [2.75, 3.05) is 0 Å². The molecular weight excluding hydrogens is 218 g/mol. The fourth-order valence-corrected chi connectivity index (χ4v) is 0. The van der Waals surface area contributed by atoms with Crippen LogP contribution in [0.2, 0.25) is 0 Å². The van der Waals surface area contributed by atoms with Crippen LogP contribution in [0.3, 0.4) is 0 Å². The van der Waals surface area contributed by atoms with E-state index >= 15 is 0 Å². The predicted octanol–water partition coefficient (Wildman–Crippen LogP) is -0.0937. The first-order chi connectivity index (χ1) is 6.00. The molecule has 0 spiro atoms. The van der Waals surface area contributed by atoms with Crippen molar-refractivity contribution in [2.45, 2.75) is 0 Å². The minimum atomic E-state index is 0. The maximum Gasteiger partial charge on any atom is 6.00 e. The van der Waals surface area contributed by atoms with E-state index in [2.05, 4.69) is 33.3 Å². The molecule has 0 aliphatic heterocycles. The molecule has 0 aromatic rings. The molecule has 0 heterocycles. The van der Waals surface area contributed by atoms with Gasteiger partial charge in [-0.1, -0.05) is 0 Å². The Balaban J connectivity index is -0.00000000655. The third-order valence-electron chi connectivity index (χ3n) is 0. The molecule has 6 nitrogen and oxygen atoms in total. The van der Waals surface area contributed by atoms with Gasteiger partial charge >= 0.3 is 73.9 Å². The summed E-state index contributed by atoms with van der Waals surface area (Å²) in [5, 5.41) is 6.25. The SMILES string of the molecule is [C-]#N.[C-]#[O+].[C-]#[O+].[C-]#[O+].[C-]#[O+].[C-]#[O+].[Cr+6]. The van der Waals surface area contributed by atoms with Gasteiger partial charge in [-0.25, -0.2) is 0 Å². The molecule has 13 heavy (non-hydrogen) atoms. The summed E-state index contributed by atoms with van der Waals surface area (Å²) in [6.45, 7) is 27.2. The van der Waals surface area contributed by atoms with Crippen LogP contribution in [0.4, 0.5) is 0 Å². The first-order valence-corrected chi connectivity index (χ1v) is 1.24. The van der Waals surface area contributed by atoms with E-state index in [0.29, 0.717) is 0 Å². The molecule has 0 saturated heterocycles. The van der Waals surface area contributed by atoms with Crippen LogP contribution in [0, 0.1) is 45.1 Å². The molecule has 0 amide bonds. The first kappa shape index (κ1) is 60.4. The molecule has 0 atom stereocenters. The molecule has 0 saturated carbocycles. The second-order valence-corrected chi connectivity index (χ2v) is 0. The molecule has 60 valence electrons. The Kier molecular flexibility index (Phi) is 2890. The van der Waals surface area contributed by atoms with Crippen LogP contribution in [0.25, 0.3) is 0 Å². The van der Waals surface area contributed by atoms with Crippen LogP contribution in [0.5, 0.6) is 0 Å². The number of nitrogens with zero attached hydrogens (tertiary/aromatic N) is 1. The molecular formula is C6CrNO5+5. The summed E-state index contributed by atoms with van der Waals surface area (Å²) in [6, 6.07) is 0. The molecule has 0 aromatic carbocycles. The molecule has 0 radical (unpaired) electrons. The molecule has 0 N–H and O–H groups in total. The number of hydrogen-bond acceptors (Lipinski definition) is 1. The van der Waals surface area contributed by atoms with Gasteiger partial charge in [0.25, 0.3) is 0 Å². The van der Waals surface area contributed by atoms with E-state index in [1.54, 1.807) is 0 Å². The Morgan fingerprint density at radius 1 is 0.462 bits per heavy atom. The fourth-order valence-electron chi connectivity index (χ4n) is 0. The van der Waals surface area contributed by atoms with Gasteiger partial charge in [0.05, 0.1) is 0 Å². The van der Waals surface area contributed by atoms with E-state index < -0.39 is 0 Å². The third-order valence-corrected chi connectivity index (χ3v) is 0. The van der Waals surface area contributed by atoms with Crippen molar-refractivity contribution in [3.8, 4) is 0 Å². The second kappa shape index (κ2) is 621. The number of hydrogen-bond donors (Lipinski definition) is 0. The maximum absolute atomic E-state index is 7.50. The Morgan fingerprint density at radius 2 is 0.462 bits per heavy atom. The van der Waals surface area contributed by atoms with Crippen molar-refractivity contribution in [3.63, 3.8) is 0 Å². The standard InChI is InChI=1S/CN.5CO.Cr/c6*1-2;/q-1;;;;;;+6. The van der Waals surface area contributed by atoms with Gasteiger partial charge in [0.2, 0.25) is 0 Å². The minimum Gasteiger partial charge on any atom is 6.00 e. The Morgan fingerprint density at radius 3 is 0.462 bits per heavy atom. The third kappa shape index (κ3) is 500. The molecule has 0 aliphatic carbocycles. The van der Waals surface area contributed by atoms with Gasteiger partial charge < -0.3 is 11.8 Å². The average molecular weight is 218 g/mol. The average Bonchev–Trinajstić information content (AvgIpc) is 2.33. The van der Waals surface area contributed by atoms with Crippen LogP contribution in [-0.2, 0) is 40.6 Å². The van der Waals surface area contributed by atoms with E-state index in [0.717, 1.165) is 0 Å². The van der Waals surface area contributed by atoms with Crippen molar-refractivity contribution in [1.82, 2.24) is 0 Å². The summed E-state index contributed by atoms with van der Waals surface area (Å²) in [5.41, 5.74) is 0. The topological polar surface area (TPSA) is 123 Å². The molecule has 0 rings (SSSR count). The van der Waals surface area contributed by atoms with E-state index in [1.165, 1.54) is 0 Å². The summed E-state index contributed by atoms with van der Waals surface area (Å²) < 4.78 is 37.5.